The van der Waals surface area contributed by atoms with Gasteiger partial charge < -0.3 is 20.3 Å². The zero-order valence-electron chi connectivity index (χ0n) is 53.4. The van der Waals surface area contributed by atoms with Crippen molar-refractivity contribution in [2.75, 3.05) is 13.2 Å². The van der Waals surface area contributed by atoms with Gasteiger partial charge in [-0.25, -0.2) is 0 Å². The van der Waals surface area contributed by atoms with Crippen molar-refractivity contribution in [3.05, 3.63) is 0 Å². The molecule has 78 heavy (non-hydrogen) atoms. The Labute approximate surface area is 489 Å². The largest absolute Gasteiger partial charge is 0.466 e. The summed E-state index contributed by atoms with van der Waals surface area (Å²) < 4.78 is 5.50. The van der Waals surface area contributed by atoms with E-state index in [1.165, 1.54) is 353 Å². The van der Waals surface area contributed by atoms with E-state index in [1.54, 1.807) is 0 Å². The standard InChI is InChI=1S/C72H143NO5/c1-3-5-7-9-11-13-15-17-19-37-40-44-48-52-56-60-64-70(75)69(68-74)73-71(76)65-61-57-53-49-45-41-38-34-32-30-28-26-24-22-20-21-23-25-27-29-31-33-35-39-43-47-51-55-59-63-67-78-72(77)66-62-58-54-50-46-42-36-18-16-14-12-10-8-6-4-2/h69-70,74-75H,3-68H2,1-2H3,(H,73,76). The molecule has 1 amide bonds. The van der Waals surface area contributed by atoms with E-state index in [9.17, 15) is 19.8 Å². The number of hydrogen-bond donors (Lipinski definition) is 3. The van der Waals surface area contributed by atoms with Gasteiger partial charge in [0.25, 0.3) is 0 Å². The molecule has 0 bridgehead atoms. The molecule has 2 unspecified atom stereocenters. The van der Waals surface area contributed by atoms with Gasteiger partial charge in [-0.3, -0.25) is 9.59 Å². The summed E-state index contributed by atoms with van der Waals surface area (Å²) in [5.41, 5.74) is 0. The van der Waals surface area contributed by atoms with Crippen LogP contribution in [-0.4, -0.2) is 47.4 Å². The minimum atomic E-state index is -0.660. The molecule has 6 heteroatoms. The van der Waals surface area contributed by atoms with Gasteiger partial charge in [-0.15, -0.1) is 0 Å². The van der Waals surface area contributed by atoms with Crippen LogP contribution in [-0.2, 0) is 14.3 Å². The Hall–Kier alpha value is -1.14. The lowest BCUT2D eigenvalue weighted by molar-refractivity contribution is -0.143. The van der Waals surface area contributed by atoms with E-state index in [0.717, 1.165) is 38.5 Å². The number of carbonyl (C=O) groups is 2. The minimum absolute atomic E-state index is 0.0243. The van der Waals surface area contributed by atoms with Crippen LogP contribution in [0.3, 0.4) is 0 Å². The SMILES string of the molecule is CCCCCCCCCCCCCCCCCCC(O)C(CO)NC(=O)CCCCCCCCCCCCCCCCCCCCCCCCCCCCCCCCOC(=O)CCCCCCCCCCCCCCCCC. The van der Waals surface area contributed by atoms with Crippen LogP contribution in [0.2, 0.25) is 0 Å². The van der Waals surface area contributed by atoms with Crippen LogP contribution in [0, 0.1) is 0 Å². The third-order valence-electron chi connectivity index (χ3n) is 17.4. The molecule has 0 spiro atoms. The van der Waals surface area contributed by atoms with Crippen LogP contribution >= 0.6 is 0 Å². The van der Waals surface area contributed by atoms with E-state index in [0.29, 0.717) is 25.9 Å². The molecule has 2 atom stereocenters. The molecule has 0 aliphatic heterocycles. The molecule has 0 saturated carbocycles. The number of unbranched alkanes of at least 4 members (excludes halogenated alkanes) is 58. The molecular weight excluding hydrogens is 959 g/mol. The number of hydrogen-bond acceptors (Lipinski definition) is 5. The summed E-state index contributed by atoms with van der Waals surface area (Å²) in [5, 5.41) is 23.4. The van der Waals surface area contributed by atoms with Gasteiger partial charge in [-0.1, -0.05) is 386 Å². The van der Waals surface area contributed by atoms with Crippen LogP contribution in [0.4, 0.5) is 0 Å². The maximum absolute atomic E-state index is 12.5. The Morgan fingerprint density at radius 3 is 0.782 bits per heavy atom. The number of nitrogens with one attached hydrogen (secondary N) is 1. The highest BCUT2D eigenvalue weighted by Gasteiger charge is 2.20. The second kappa shape index (κ2) is 68.4. The average molecular weight is 1100 g/mol. The third kappa shape index (κ3) is 64.0. The van der Waals surface area contributed by atoms with Gasteiger partial charge in [-0.05, 0) is 25.7 Å². The Bertz CT molecular complexity index is 1130. The first-order chi connectivity index (χ1) is 38.5. The highest BCUT2D eigenvalue weighted by molar-refractivity contribution is 5.76. The lowest BCUT2D eigenvalue weighted by atomic mass is 10.0. The van der Waals surface area contributed by atoms with Crippen molar-refractivity contribution in [3.63, 3.8) is 0 Å². The third-order valence-corrected chi connectivity index (χ3v) is 17.4. The molecular formula is C72H143NO5. The van der Waals surface area contributed by atoms with E-state index in [4.69, 9.17) is 4.74 Å². The number of amides is 1. The molecule has 0 rings (SSSR count). The first kappa shape index (κ1) is 76.9. The molecule has 6 nitrogen and oxygen atoms in total. The van der Waals surface area contributed by atoms with Crippen molar-refractivity contribution in [2.45, 2.75) is 437 Å². The first-order valence-electron chi connectivity index (χ1n) is 36.3. The van der Waals surface area contributed by atoms with Crippen molar-refractivity contribution >= 4 is 11.9 Å². The number of aliphatic hydroxyl groups is 2. The average Bonchev–Trinajstić information content (AvgIpc) is 3.44. The summed E-state index contributed by atoms with van der Waals surface area (Å²) in [6.45, 7) is 5.01. The lowest BCUT2D eigenvalue weighted by Crippen LogP contribution is -2.45. The molecule has 0 saturated heterocycles. The van der Waals surface area contributed by atoms with Crippen molar-refractivity contribution < 1.29 is 24.5 Å². The Morgan fingerprint density at radius 1 is 0.308 bits per heavy atom. The van der Waals surface area contributed by atoms with Crippen LogP contribution in [0.25, 0.3) is 0 Å². The van der Waals surface area contributed by atoms with E-state index in [2.05, 4.69) is 19.2 Å². The number of aliphatic hydroxyl groups excluding tert-OH is 2. The zero-order valence-corrected chi connectivity index (χ0v) is 53.4. The summed E-state index contributed by atoms with van der Waals surface area (Å²) in [7, 11) is 0. The zero-order chi connectivity index (χ0) is 56.4. The molecule has 0 heterocycles. The lowest BCUT2D eigenvalue weighted by Gasteiger charge is -2.22. The van der Waals surface area contributed by atoms with Gasteiger partial charge in [0, 0.05) is 12.8 Å². The van der Waals surface area contributed by atoms with Gasteiger partial charge in [0.05, 0.1) is 25.4 Å². The summed E-state index contributed by atoms with van der Waals surface area (Å²) >= 11 is 0. The highest BCUT2D eigenvalue weighted by atomic mass is 16.5. The van der Waals surface area contributed by atoms with Crippen molar-refractivity contribution in [2.24, 2.45) is 0 Å². The van der Waals surface area contributed by atoms with Gasteiger partial charge in [-0.2, -0.15) is 0 Å². The smallest absolute Gasteiger partial charge is 0.305 e. The van der Waals surface area contributed by atoms with Gasteiger partial charge in [0.1, 0.15) is 0 Å². The number of rotatable bonds is 69. The van der Waals surface area contributed by atoms with Crippen LogP contribution < -0.4 is 5.32 Å². The quantitative estimate of drug-likeness (QED) is 0.0417. The number of ether oxygens (including phenoxy) is 1. The molecule has 0 fully saturated rings. The van der Waals surface area contributed by atoms with Gasteiger partial charge in [0.2, 0.25) is 5.91 Å². The normalized spacial score (nSPS) is 12.4. The van der Waals surface area contributed by atoms with E-state index in [-0.39, 0.29) is 18.5 Å². The molecule has 0 aromatic carbocycles. The molecule has 466 valence electrons. The monoisotopic (exact) mass is 1100 g/mol. The minimum Gasteiger partial charge on any atom is -0.466 e. The molecule has 0 aliphatic carbocycles. The maximum atomic E-state index is 12.5. The first-order valence-corrected chi connectivity index (χ1v) is 36.3. The van der Waals surface area contributed by atoms with Crippen molar-refractivity contribution in [1.29, 1.82) is 0 Å². The summed E-state index contributed by atoms with van der Waals surface area (Å²) in [5.74, 6) is -0.00250. The van der Waals surface area contributed by atoms with E-state index in [1.807, 2.05) is 0 Å². The molecule has 0 radical (unpaired) electrons. The van der Waals surface area contributed by atoms with E-state index < -0.39 is 12.1 Å². The predicted molar refractivity (Wildman–Crippen MR) is 343 cm³/mol. The second-order valence-electron chi connectivity index (χ2n) is 25.3. The Balaban J connectivity index is 3.31. The maximum Gasteiger partial charge on any atom is 0.305 e. The van der Waals surface area contributed by atoms with Crippen LogP contribution in [0.1, 0.15) is 425 Å². The predicted octanol–water partition coefficient (Wildman–Crippen LogP) is 23.4. The molecule has 0 aromatic rings. The molecule has 0 aromatic heterocycles. The summed E-state index contributed by atoms with van der Waals surface area (Å²) in [4.78, 5) is 24.6. The van der Waals surface area contributed by atoms with Crippen LogP contribution in [0.5, 0.6) is 0 Å². The Kier molecular flexibility index (Phi) is 67.4. The second-order valence-corrected chi connectivity index (χ2v) is 25.3. The number of esters is 1. The molecule has 0 aliphatic rings. The van der Waals surface area contributed by atoms with Crippen LogP contribution in [0.15, 0.2) is 0 Å². The fourth-order valence-corrected chi connectivity index (χ4v) is 11.9. The van der Waals surface area contributed by atoms with Gasteiger partial charge in [0.15, 0.2) is 0 Å². The fraction of sp³-hybridized carbons (Fsp3) is 0.972. The van der Waals surface area contributed by atoms with Crippen molar-refractivity contribution in [3.8, 4) is 0 Å². The van der Waals surface area contributed by atoms with Gasteiger partial charge >= 0.3 is 5.97 Å². The summed E-state index contributed by atoms with van der Waals surface area (Å²) in [6, 6.07) is -0.537. The Morgan fingerprint density at radius 2 is 0.526 bits per heavy atom. The molecule has 3 N–H and O–H groups in total. The highest BCUT2D eigenvalue weighted by Crippen LogP contribution is 2.20. The van der Waals surface area contributed by atoms with E-state index >= 15 is 0 Å². The summed E-state index contributed by atoms with van der Waals surface area (Å²) in [6.07, 6.45) is 83.1. The number of carbonyl (C=O) groups excluding carboxylic acids is 2. The topological polar surface area (TPSA) is 95.9 Å². The fourth-order valence-electron chi connectivity index (χ4n) is 11.9. The van der Waals surface area contributed by atoms with Crippen molar-refractivity contribution in [1.82, 2.24) is 5.32 Å².